The summed E-state index contributed by atoms with van der Waals surface area (Å²) in [6.45, 7) is 2.05. The third-order valence-electron chi connectivity index (χ3n) is 1.48. The van der Waals surface area contributed by atoms with E-state index in [0.717, 1.165) is 11.6 Å². The monoisotopic (exact) mass is 231 g/mol. The number of rotatable bonds is 5. The van der Waals surface area contributed by atoms with E-state index in [1.54, 1.807) is 24.6 Å². The predicted molar refractivity (Wildman–Crippen MR) is 61.4 cm³/mol. The number of nitrogens with one attached hydrogen (secondary N) is 2. The minimum atomic E-state index is 0.636. The van der Waals surface area contributed by atoms with Gasteiger partial charge in [-0.2, -0.15) is 0 Å². The van der Waals surface area contributed by atoms with E-state index in [1.165, 1.54) is 0 Å². The van der Waals surface area contributed by atoms with Crippen molar-refractivity contribution in [3.05, 3.63) is 16.6 Å². The SMILES string of the molecule is COCCNC(=S)NCc1nccs1. The summed E-state index contributed by atoms with van der Waals surface area (Å²) in [7, 11) is 1.66. The molecule has 4 nitrogen and oxygen atoms in total. The number of methoxy groups -OCH3 is 1. The number of aromatic nitrogens is 1. The Labute approximate surface area is 92.7 Å². The van der Waals surface area contributed by atoms with Gasteiger partial charge in [-0.25, -0.2) is 4.98 Å². The molecule has 6 heteroatoms. The van der Waals surface area contributed by atoms with Crippen molar-refractivity contribution in [2.75, 3.05) is 20.3 Å². The number of thiazole rings is 1. The van der Waals surface area contributed by atoms with Gasteiger partial charge in [0.1, 0.15) is 5.01 Å². The third kappa shape index (κ3) is 4.50. The van der Waals surface area contributed by atoms with E-state index >= 15 is 0 Å². The fourth-order valence-corrected chi connectivity index (χ4v) is 1.56. The van der Waals surface area contributed by atoms with Crippen molar-refractivity contribution in [2.45, 2.75) is 6.54 Å². The molecule has 0 spiro atoms. The summed E-state index contributed by atoms with van der Waals surface area (Å²) in [4.78, 5) is 4.13. The van der Waals surface area contributed by atoms with E-state index in [4.69, 9.17) is 17.0 Å². The fraction of sp³-hybridized carbons (Fsp3) is 0.500. The molecule has 0 atom stereocenters. The molecule has 0 saturated carbocycles. The first kappa shape index (κ1) is 11.4. The molecular weight excluding hydrogens is 218 g/mol. The summed E-state index contributed by atoms with van der Waals surface area (Å²) in [5, 5.41) is 9.68. The lowest BCUT2D eigenvalue weighted by molar-refractivity contribution is 0.204. The van der Waals surface area contributed by atoms with Crippen molar-refractivity contribution < 1.29 is 4.74 Å². The van der Waals surface area contributed by atoms with E-state index in [1.807, 2.05) is 5.38 Å². The van der Waals surface area contributed by atoms with Crippen LogP contribution in [-0.4, -0.2) is 30.4 Å². The molecule has 0 aliphatic rings. The van der Waals surface area contributed by atoms with Crippen LogP contribution < -0.4 is 10.6 Å². The highest BCUT2D eigenvalue weighted by atomic mass is 32.1. The van der Waals surface area contributed by atoms with Crippen LogP contribution in [0.1, 0.15) is 5.01 Å². The molecule has 0 aromatic carbocycles. The molecule has 1 aromatic rings. The van der Waals surface area contributed by atoms with Gasteiger partial charge in [0.25, 0.3) is 0 Å². The zero-order valence-electron chi connectivity index (χ0n) is 7.95. The van der Waals surface area contributed by atoms with Gasteiger partial charge >= 0.3 is 0 Å². The lowest BCUT2D eigenvalue weighted by Crippen LogP contribution is -2.36. The molecule has 1 aromatic heterocycles. The molecule has 0 unspecified atom stereocenters. The minimum absolute atomic E-state index is 0.636. The first-order valence-electron chi connectivity index (χ1n) is 4.22. The van der Waals surface area contributed by atoms with Gasteiger partial charge in [0, 0.05) is 25.2 Å². The Hall–Kier alpha value is -0.720. The van der Waals surface area contributed by atoms with Gasteiger partial charge in [0.15, 0.2) is 5.11 Å². The number of nitrogens with zero attached hydrogens (tertiary/aromatic N) is 1. The van der Waals surface area contributed by atoms with Crippen molar-refractivity contribution in [3.63, 3.8) is 0 Å². The maximum Gasteiger partial charge on any atom is 0.166 e. The molecule has 0 radical (unpaired) electrons. The van der Waals surface area contributed by atoms with Crippen molar-refractivity contribution in [1.82, 2.24) is 15.6 Å². The zero-order valence-corrected chi connectivity index (χ0v) is 9.58. The van der Waals surface area contributed by atoms with Gasteiger partial charge in [0.05, 0.1) is 13.2 Å². The van der Waals surface area contributed by atoms with Crippen LogP contribution in [0.3, 0.4) is 0 Å². The van der Waals surface area contributed by atoms with Crippen LogP contribution in [0.15, 0.2) is 11.6 Å². The number of ether oxygens (including phenoxy) is 1. The quantitative estimate of drug-likeness (QED) is 0.578. The van der Waals surface area contributed by atoms with Crippen LogP contribution in [0, 0.1) is 0 Å². The molecule has 1 heterocycles. The maximum absolute atomic E-state index is 5.04. The third-order valence-corrected chi connectivity index (χ3v) is 2.54. The molecule has 0 amide bonds. The van der Waals surface area contributed by atoms with Crippen LogP contribution >= 0.6 is 23.6 Å². The molecule has 78 valence electrons. The van der Waals surface area contributed by atoms with E-state index in [9.17, 15) is 0 Å². The Bertz CT molecular complexity index is 264. The summed E-state index contributed by atoms with van der Waals surface area (Å²) < 4.78 is 4.88. The van der Waals surface area contributed by atoms with Crippen LogP contribution in [0.4, 0.5) is 0 Å². The minimum Gasteiger partial charge on any atom is -0.383 e. The standard InChI is InChI=1S/C8H13N3OS2/c1-12-4-2-10-8(13)11-6-7-9-3-5-14-7/h3,5H,2,4,6H2,1H3,(H2,10,11,13). The molecule has 0 saturated heterocycles. The second kappa shape index (κ2) is 6.69. The summed E-state index contributed by atoms with van der Waals surface area (Å²) in [5.41, 5.74) is 0. The van der Waals surface area contributed by atoms with E-state index < -0.39 is 0 Å². The number of hydrogen-bond acceptors (Lipinski definition) is 4. The number of hydrogen-bond donors (Lipinski definition) is 2. The second-order valence-corrected chi connectivity index (χ2v) is 3.92. The zero-order chi connectivity index (χ0) is 10.2. The second-order valence-electron chi connectivity index (χ2n) is 2.53. The Balaban J connectivity index is 2.09. The van der Waals surface area contributed by atoms with Gasteiger partial charge < -0.3 is 15.4 Å². The lowest BCUT2D eigenvalue weighted by Gasteiger charge is -2.08. The molecule has 0 bridgehead atoms. The summed E-state index contributed by atoms with van der Waals surface area (Å²) in [6.07, 6.45) is 1.78. The van der Waals surface area contributed by atoms with Crippen LogP contribution in [0.5, 0.6) is 0 Å². The molecule has 1 rings (SSSR count). The molecule has 2 N–H and O–H groups in total. The predicted octanol–water partition coefficient (Wildman–Crippen LogP) is 0.754. The molecule has 0 aliphatic carbocycles. The molecule has 14 heavy (non-hydrogen) atoms. The Morgan fingerprint density at radius 3 is 3.14 bits per heavy atom. The first-order valence-corrected chi connectivity index (χ1v) is 5.50. The van der Waals surface area contributed by atoms with E-state index in [-0.39, 0.29) is 0 Å². The summed E-state index contributed by atoms with van der Waals surface area (Å²) >= 11 is 6.65. The van der Waals surface area contributed by atoms with Crippen molar-refractivity contribution in [1.29, 1.82) is 0 Å². The van der Waals surface area contributed by atoms with Crippen LogP contribution in [0.2, 0.25) is 0 Å². The normalized spacial score (nSPS) is 9.79. The van der Waals surface area contributed by atoms with Crippen molar-refractivity contribution in [3.8, 4) is 0 Å². The Kier molecular flexibility index (Phi) is 5.43. The smallest absolute Gasteiger partial charge is 0.166 e. The lowest BCUT2D eigenvalue weighted by atomic mass is 10.6. The summed E-state index contributed by atoms with van der Waals surface area (Å²) in [6, 6.07) is 0. The van der Waals surface area contributed by atoms with Gasteiger partial charge in [0.2, 0.25) is 0 Å². The number of thiocarbonyl (C=S) groups is 1. The topological polar surface area (TPSA) is 46.2 Å². The average molecular weight is 231 g/mol. The van der Waals surface area contributed by atoms with E-state index in [0.29, 0.717) is 18.3 Å². The fourth-order valence-electron chi connectivity index (χ4n) is 0.825. The summed E-state index contributed by atoms with van der Waals surface area (Å²) in [5.74, 6) is 0. The molecular formula is C8H13N3OS2. The van der Waals surface area contributed by atoms with Crippen LogP contribution in [-0.2, 0) is 11.3 Å². The van der Waals surface area contributed by atoms with Crippen LogP contribution in [0.25, 0.3) is 0 Å². The highest BCUT2D eigenvalue weighted by molar-refractivity contribution is 7.80. The molecule has 0 aliphatic heterocycles. The first-order chi connectivity index (χ1) is 6.83. The van der Waals surface area contributed by atoms with Gasteiger partial charge in [-0.1, -0.05) is 0 Å². The molecule has 0 fully saturated rings. The maximum atomic E-state index is 5.04. The highest BCUT2D eigenvalue weighted by Crippen LogP contribution is 2.02. The van der Waals surface area contributed by atoms with Gasteiger partial charge in [-0.3, -0.25) is 0 Å². The average Bonchev–Trinajstić information content (AvgIpc) is 2.68. The highest BCUT2D eigenvalue weighted by Gasteiger charge is 1.97. The Morgan fingerprint density at radius 1 is 1.64 bits per heavy atom. The van der Waals surface area contributed by atoms with Gasteiger partial charge in [-0.15, -0.1) is 11.3 Å². The van der Waals surface area contributed by atoms with Crippen molar-refractivity contribution >= 4 is 28.7 Å². The van der Waals surface area contributed by atoms with Gasteiger partial charge in [-0.05, 0) is 12.2 Å². The van der Waals surface area contributed by atoms with E-state index in [2.05, 4.69) is 15.6 Å². The van der Waals surface area contributed by atoms with Crippen molar-refractivity contribution in [2.24, 2.45) is 0 Å². The Morgan fingerprint density at radius 2 is 2.50 bits per heavy atom. The largest absolute Gasteiger partial charge is 0.383 e.